The van der Waals surface area contributed by atoms with Gasteiger partial charge in [0.25, 0.3) is 0 Å². The highest BCUT2D eigenvalue weighted by molar-refractivity contribution is 5.96. The van der Waals surface area contributed by atoms with Crippen LogP contribution >= 0.6 is 0 Å². The van der Waals surface area contributed by atoms with Crippen molar-refractivity contribution in [3.8, 4) is 5.75 Å². The van der Waals surface area contributed by atoms with Crippen molar-refractivity contribution in [1.82, 2.24) is 36.1 Å². The van der Waals surface area contributed by atoms with Crippen LogP contribution in [0, 0.1) is 17.8 Å². The van der Waals surface area contributed by atoms with Gasteiger partial charge in [0.1, 0.15) is 29.9 Å². The van der Waals surface area contributed by atoms with E-state index < -0.39 is 77.6 Å². The van der Waals surface area contributed by atoms with E-state index in [1.54, 1.807) is 19.1 Å². The molecule has 0 spiro atoms. The second-order valence-corrected chi connectivity index (χ2v) is 15.9. The van der Waals surface area contributed by atoms with Crippen LogP contribution in [0.1, 0.15) is 76.6 Å². The van der Waals surface area contributed by atoms with Crippen LogP contribution in [0.25, 0.3) is 0 Å². The van der Waals surface area contributed by atoms with E-state index in [1.807, 2.05) is 51.1 Å². The number of carbonyl (C=O) groups is 6. The van der Waals surface area contributed by atoms with Crippen LogP contribution in [0.15, 0.2) is 67.1 Å². The topological polar surface area (TPSA) is 249 Å². The molecule has 2 aromatic carbocycles. The first-order chi connectivity index (χ1) is 28.2. The molecule has 9 N–H and O–H groups in total. The quantitative estimate of drug-likeness (QED) is 0.0735. The van der Waals surface area contributed by atoms with Crippen molar-refractivity contribution in [2.45, 2.75) is 109 Å². The average molecular weight is 817 g/mol. The van der Waals surface area contributed by atoms with E-state index in [0.717, 1.165) is 5.56 Å². The molecule has 0 saturated carbocycles. The van der Waals surface area contributed by atoms with E-state index in [2.05, 4.69) is 31.2 Å². The maximum absolute atomic E-state index is 14.4. The summed E-state index contributed by atoms with van der Waals surface area (Å²) >= 11 is 0. The number of hydrogen-bond donors (Lipinski definition) is 8. The largest absolute Gasteiger partial charge is 0.508 e. The van der Waals surface area contributed by atoms with Gasteiger partial charge in [0.05, 0.1) is 18.7 Å². The number of carbonyl (C=O) groups excluding carboxylic acids is 5. The molecule has 0 radical (unpaired) electrons. The number of amides is 5. The number of nitrogens with one attached hydrogen (secondary N) is 5. The molecule has 1 aliphatic heterocycles. The number of aromatic amines is 1. The Labute approximate surface area is 345 Å². The summed E-state index contributed by atoms with van der Waals surface area (Å²) in [5, 5.41) is 30.9. The molecule has 320 valence electrons. The molecule has 2 heterocycles. The van der Waals surface area contributed by atoms with Gasteiger partial charge in [-0.25, -0.2) is 4.98 Å². The number of H-pyrrole nitrogens is 1. The summed E-state index contributed by atoms with van der Waals surface area (Å²) in [7, 11) is 0. The summed E-state index contributed by atoms with van der Waals surface area (Å²) in [6.07, 6.45) is 4.85. The molecule has 5 amide bonds. The molecular weight excluding hydrogens is 757 g/mol. The minimum absolute atomic E-state index is 0.00208. The number of rotatable bonds is 22. The molecular formula is C43H60N8O8. The van der Waals surface area contributed by atoms with Crippen molar-refractivity contribution < 1.29 is 39.0 Å². The lowest BCUT2D eigenvalue weighted by Gasteiger charge is -2.32. The summed E-state index contributed by atoms with van der Waals surface area (Å²) in [6.45, 7) is 7.91. The molecule has 1 fully saturated rings. The summed E-state index contributed by atoms with van der Waals surface area (Å²) in [5.41, 5.74) is 8.01. The number of aliphatic carboxylic acids is 1. The first-order valence-corrected chi connectivity index (χ1v) is 20.4. The van der Waals surface area contributed by atoms with E-state index in [-0.39, 0.29) is 50.4 Å². The van der Waals surface area contributed by atoms with Crippen LogP contribution in [-0.4, -0.2) is 104 Å². The summed E-state index contributed by atoms with van der Waals surface area (Å²) in [6, 6.07) is 10.4. The molecule has 1 unspecified atom stereocenters. The van der Waals surface area contributed by atoms with Gasteiger partial charge >= 0.3 is 5.97 Å². The Kier molecular flexibility index (Phi) is 17.4. The SMILES string of the molecule is CC[C@H](C)[C@H](NC(=O)[C@H](Cc1ccc(O)cc1)NC(=O)C(CN)CC(C)C)C(=O)N[C@@H](Cc1cnc[nH]1)C(=O)N1CCC[C@H]1C(=O)N[C@H](CC(=O)O)Cc1ccccc1. The summed E-state index contributed by atoms with van der Waals surface area (Å²) < 4.78 is 0. The number of likely N-dealkylation sites (tertiary alicyclic amines) is 1. The van der Waals surface area contributed by atoms with Gasteiger partial charge in [0, 0.05) is 43.9 Å². The third-order valence-corrected chi connectivity index (χ3v) is 10.7. The lowest BCUT2D eigenvalue weighted by molar-refractivity contribution is -0.142. The highest BCUT2D eigenvalue weighted by Gasteiger charge is 2.40. The van der Waals surface area contributed by atoms with Gasteiger partial charge in [0.2, 0.25) is 29.5 Å². The normalized spacial score (nSPS) is 16.9. The monoisotopic (exact) mass is 816 g/mol. The average Bonchev–Trinajstić information content (AvgIpc) is 3.92. The number of nitrogens with zero attached hydrogens (tertiary/aromatic N) is 2. The number of imidazole rings is 1. The number of benzene rings is 2. The maximum Gasteiger partial charge on any atom is 0.305 e. The Morgan fingerprint density at radius 2 is 1.54 bits per heavy atom. The van der Waals surface area contributed by atoms with Gasteiger partial charge in [0.15, 0.2) is 0 Å². The van der Waals surface area contributed by atoms with Crippen molar-refractivity contribution in [3.05, 3.63) is 83.9 Å². The van der Waals surface area contributed by atoms with E-state index in [4.69, 9.17) is 5.73 Å². The zero-order valence-electron chi connectivity index (χ0n) is 34.4. The Morgan fingerprint density at radius 1 is 0.864 bits per heavy atom. The van der Waals surface area contributed by atoms with Crippen LogP contribution in [0.5, 0.6) is 5.75 Å². The highest BCUT2D eigenvalue weighted by Crippen LogP contribution is 2.21. The number of aromatic hydroxyl groups is 1. The molecule has 0 bridgehead atoms. The number of nitrogens with two attached hydrogens (primary N) is 1. The smallest absolute Gasteiger partial charge is 0.305 e. The van der Waals surface area contributed by atoms with Crippen LogP contribution < -0.4 is 27.0 Å². The van der Waals surface area contributed by atoms with E-state index >= 15 is 0 Å². The molecule has 1 aromatic heterocycles. The number of carboxylic acid groups (broad SMARTS) is 1. The Bertz CT molecular complexity index is 1840. The molecule has 7 atom stereocenters. The minimum atomic E-state index is -1.17. The predicted molar refractivity (Wildman–Crippen MR) is 220 cm³/mol. The number of carboxylic acids is 1. The Balaban J connectivity index is 1.56. The molecule has 4 rings (SSSR count). The fourth-order valence-corrected chi connectivity index (χ4v) is 7.36. The second-order valence-electron chi connectivity index (χ2n) is 15.9. The first-order valence-electron chi connectivity index (χ1n) is 20.4. The van der Waals surface area contributed by atoms with Gasteiger partial charge in [-0.3, -0.25) is 28.8 Å². The molecule has 3 aromatic rings. The standard InChI is InChI=1S/C43H60N8O8/c1-5-27(4)38(50-40(56)34(20-29-13-15-33(52)16-14-29)48-39(55)30(23-44)18-26(2)3)42(58)49-35(21-32-24-45-25-46-32)43(59)51-17-9-12-36(51)41(57)47-31(22-37(53)54)19-28-10-7-6-8-11-28/h6-8,10-11,13-16,24-27,30-31,34-36,38,52H,5,9,12,17-23,44H2,1-4H3,(H,45,46)(H,47,57)(H,48,55)(H,49,58)(H,50,56)(H,53,54)/t27-,30?,31-,34-,35-,36-,38-/m0/s1. The fourth-order valence-electron chi connectivity index (χ4n) is 7.36. The van der Waals surface area contributed by atoms with Gasteiger partial charge in [-0.15, -0.1) is 0 Å². The van der Waals surface area contributed by atoms with Crippen molar-refractivity contribution in [1.29, 1.82) is 0 Å². The Hall–Kier alpha value is -5.77. The first kappa shape index (κ1) is 45.9. The number of aromatic nitrogens is 2. The van der Waals surface area contributed by atoms with Gasteiger partial charge in [-0.05, 0) is 60.8 Å². The van der Waals surface area contributed by atoms with Crippen molar-refractivity contribution >= 4 is 35.5 Å². The third kappa shape index (κ3) is 13.9. The Morgan fingerprint density at radius 3 is 2.15 bits per heavy atom. The lowest BCUT2D eigenvalue weighted by Crippen LogP contribution is -2.60. The summed E-state index contributed by atoms with van der Waals surface area (Å²) in [4.78, 5) is 90.3. The van der Waals surface area contributed by atoms with Crippen molar-refractivity contribution in [2.24, 2.45) is 23.5 Å². The number of phenolic OH excluding ortho intramolecular Hbond substituents is 1. The molecule has 1 aliphatic rings. The third-order valence-electron chi connectivity index (χ3n) is 10.7. The van der Waals surface area contributed by atoms with Crippen LogP contribution in [0.4, 0.5) is 0 Å². The van der Waals surface area contributed by atoms with Crippen LogP contribution in [-0.2, 0) is 48.0 Å². The van der Waals surface area contributed by atoms with Crippen LogP contribution in [0.3, 0.4) is 0 Å². The van der Waals surface area contributed by atoms with Crippen molar-refractivity contribution in [3.63, 3.8) is 0 Å². The minimum Gasteiger partial charge on any atom is -0.508 e. The lowest BCUT2D eigenvalue weighted by atomic mass is 9.94. The van der Waals surface area contributed by atoms with Gasteiger partial charge in [-0.2, -0.15) is 0 Å². The zero-order valence-corrected chi connectivity index (χ0v) is 34.4. The van der Waals surface area contributed by atoms with E-state index in [1.165, 1.54) is 29.6 Å². The molecule has 0 aliphatic carbocycles. The second kappa shape index (κ2) is 22.4. The van der Waals surface area contributed by atoms with E-state index in [9.17, 15) is 39.0 Å². The fraction of sp³-hybridized carbons (Fsp3) is 0.512. The maximum atomic E-state index is 14.4. The van der Waals surface area contributed by atoms with Gasteiger partial charge < -0.3 is 47.1 Å². The molecule has 1 saturated heterocycles. The molecule has 16 heteroatoms. The molecule has 16 nitrogen and oxygen atoms in total. The summed E-state index contributed by atoms with van der Waals surface area (Å²) in [5.74, 6) is -4.47. The number of phenols is 1. The van der Waals surface area contributed by atoms with Crippen molar-refractivity contribution in [2.75, 3.05) is 13.1 Å². The molecule has 59 heavy (non-hydrogen) atoms. The van der Waals surface area contributed by atoms with E-state index in [0.29, 0.717) is 36.9 Å². The highest BCUT2D eigenvalue weighted by atomic mass is 16.4. The predicted octanol–water partition coefficient (Wildman–Crippen LogP) is 2.22. The zero-order chi connectivity index (χ0) is 43.1. The van der Waals surface area contributed by atoms with Crippen LogP contribution in [0.2, 0.25) is 0 Å². The van der Waals surface area contributed by atoms with Gasteiger partial charge in [-0.1, -0.05) is 76.6 Å². The number of hydrogen-bond acceptors (Lipinski definition) is 9.